The number of furan rings is 1. The summed E-state index contributed by atoms with van der Waals surface area (Å²) < 4.78 is 10.8. The fraction of sp³-hybridized carbons (Fsp3) is 0. The van der Waals surface area contributed by atoms with Crippen LogP contribution >= 0.6 is 11.3 Å². The molecule has 0 saturated carbocycles. The number of benzene rings is 7. The Bertz CT molecular complexity index is 3100. The minimum atomic E-state index is 0.591. The Hall–Kier alpha value is -6.63. The molecule has 11 rings (SSSR count). The van der Waals surface area contributed by atoms with Crippen molar-refractivity contribution in [2.45, 2.75) is 0 Å². The smallest absolute Gasteiger partial charge is 0.238 e. The van der Waals surface area contributed by atoms with E-state index in [-0.39, 0.29) is 0 Å². The van der Waals surface area contributed by atoms with Crippen molar-refractivity contribution in [3.05, 3.63) is 158 Å². The molecule has 0 aliphatic carbocycles. The zero-order chi connectivity index (χ0) is 33.5. The van der Waals surface area contributed by atoms with Crippen LogP contribution in [0.15, 0.2) is 162 Å². The van der Waals surface area contributed by atoms with E-state index in [9.17, 15) is 0 Å². The molecule has 0 N–H and O–H groups in total. The highest BCUT2D eigenvalue weighted by Gasteiger charge is 2.21. The number of hydrogen-bond donors (Lipinski definition) is 0. The number of nitrogens with zero attached hydrogens (tertiary/aromatic N) is 4. The number of aromatic nitrogens is 4. The van der Waals surface area contributed by atoms with E-state index in [2.05, 4.69) is 132 Å². The molecule has 5 nitrogen and oxygen atoms in total. The lowest BCUT2D eigenvalue weighted by atomic mass is 9.95. The molecule has 0 aliphatic heterocycles. The third kappa shape index (κ3) is 4.24. The van der Waals surface area contributed by atoms with E-state index in [1.54, 1.807) is 11.3 Å². The fourth-order valence-corrected chi connectivity index (χ4v) is 8.92. The van der Waals surface area contributed by atoms with E-state index in [0.717, 1.165) is 65.1 Å². The number of hydrogen-bond acceptors (Lipinski definition) is 5. The normalized spacial score (nSPS) is 11.9. The van der Waals surface area contributed by atoms with Crippen molar-refractivity contribution in [2.75, 3.05) is 0 Å². The van der Waals surface area contributed by atoms with Gasteiger partial charge in [0.1, 0.15) is 11.2 Å². The van der Waals surface area contributed by atoms with Gasteiger partial charge in [0.2, 0.25) is 5.95 Å². The van der Waals surface area contributed by atoms with Crippen LogP contribution in [-0.4, -0.2) is 19.5 Å². The van der Waals surface area contributed by atoms with E-state index in [0.29, 0.717) is 17.6 Å². The molecule has 0 fully saturated rings. The Labute approximate surface area is 295 Å². The van der Waals surface area contributed by atoms with E-state index in [1.165, 1.54) is 21.0 Å². The summed E-state index contributed by atoms with van der Waals surface area (Å²) in [7, 11) is 0. The van der Waals surface area contributed by atoms with E-state index in [1.807, 2.05) is 30.3 Å². The van der Waals surface area contributed by atoms with Crippen LogP contribution in [0, 0.1) is 0 Å². The summed E-state index contributed by atoms with van der Waals surface area (Å²) in [6.45, 7) is 0. The highest BCUT2D eigenvalue weighted by molar-refractivity contribution is 7.26. The van der Waals surface area contributed by atoms with Gasteiger partial charge in [-0.1, -0.05) is 121 Å². The summed E-state index contributed by atoms with van der Waals surface area (Å²) in [5.41, 5.74) is 8.16. The van der Waals surface area contributed by atoms with Gasteiger partial charge in [-0.2, -0.15) is 9.97 Å². The molecule has 238 valence electrons. The molecule has 0 spiro atoms. The van der Waals surface area contributed by atoms with Crippen LogP contribution in [0.4, 0.5) is 0 Å². The topological polar surface area (TPSA) is 56.7 Å². The molecule has 0 aliphatic rings. The summed E-state index contributed by atoms with van der Waals surface area (Å²) in [6, 6.07) is 54.8. The number of rotatable bonds is 4. The van der Waals surface area contributed by atoms with Gasteiger partial charge < -0.3 is 4.42 Å². The van der Waals surface area contributed by atoms with Gasteiger partial charge in [0.25, 0.3) is 0 Å². The SMILES string of the molecule is c1ccc(-c2nc(-c3cccc4c3sc3cccc(-c5cccc6oc7ccccc7c56)c34)nc(-n3c4ccccc4c4ccccc43)n2)cc1. The maximum absolute atomic E-state index is 6.29. The van der Waals surface area contributed by atoms with E-state index < -0.39 is 0 Å². The van der Waals surface area contributed by atoms with Gasteiger partial charge in [0.05, 0.1) is 11.0 Å². The minimum absolute atomic E-state index is 0.591. The quantitative estimate of drug-likeness (QED) is 0.187. The van der Waals surface area contributed by atoms with Crippen LogP contribution in [0.5, 0.6) is 0 Å². The first-order valence-corrected chi connectivity index (χ1v) is 17.8. The minimum Gasteiger partial charge on any atom is -0.456 e. The molecule has 0 bridgehead atoms. The molecule has 0 radical (unpaired) electrons. The molecule has 0 amide bonds. The molecule has 6 heteroatoms. The van der Waals surface area contributed by atoms with Crippen LogP contribution in [0.1, 0.15) is 0 Å². The third-order valence-corrected chi connectivity index (χ3v) is 11.1. The number of fused-ring (bicyclic) bond motifs is 9. The molecule has 4 heterocycles. The van der Waals surface area contributed by atoms with Crippen molar-refractivity contribution < 1.29 is 4.42 Å². The summed E-state index contributed by atoms with van der Waals surface area (Å²) in [4.78, 5) is 15.6. The predicted molar refractivity (Wildman–Crippen MR) is 211 cm³/mol. The molecule has 0 unspecified atom stereocenters. The van der Waals surface area contributed by atoms with Crippen LogP contribution in [0.25, 0.3) is 104 Å². The van der Waals surface area contributed by atoms with Gasteiger partial charge >= 0.3 is 0 Å². The van der Waals surface area contributed by atoms with Crippen LogP contribution in [-0.2, 0) is 0 Å². The zero-order valence-corrected chi connectivity index (χ0v) is 27.9. The lowest BCUT2D eigenvalue weighted by Crippen LogP contribution is -2.06. The molecule has 0 saturated heterocycles. The number of para-hydroxylation sites is 3. The summed E-state index contributed by atoms with van der Waals surface area (Å²) in [6.07, 6.45) is 0. The van der Waals surface area contributed by atoms with Crippen LogP contribution in [0.3, 0.4) is 0 Å². The summed E-state index contributed by atoms with van der Waals surface area (Å²) in [5.74, 6) is 1.87. The van der Waals surface area contributed by atoms with Gasteiger partial charge in [-0.15, -0.1) is 11.3 Å². The monoisotopic (exact) mass is 670 g/mol. The lowest BCUT2D eigenvalue weighted by Gasteiger charge is -2.11. The third-order valence-electron chi connectivity index (χ3n) is 9.89. The molecule has 11 aromatic rings. The lowest BCUT2D eigenvalue weighted by molar-refractivity contribution is 0.669. The second-order valence-corrected chi connectivity index (χ2v) is 13.8. The first-order valence-electron chi connectivity index (χ1n) is 17.0. The van der Waals surface area contributed by atoms with Crippen molar-refractivity contribution in [1.29, 1.82) is 0 Å². The van der Waals surface area contributed by atoms with E-state index in [4.69, 9.17) is 19.4 Å². The van der Waals surface area contributed by atoms with Gasteiger partial charge in [-0.3, -0.25) is 4.57 Å². The summed E-state index contributed by atoms with van der Waals surface area (Å²) >= 11 is 1.78. The Morgan fingerprint density at radius 3 is 1.82 bits per heavy atom. The standard InChI is InChI=1S/C45H26N4OS/c1-2-13-27(14-3-1)43-46-44(48-45(47-43)49-35-22-7-4-15-28(35)29-16-5-8-23-36(29)49)34-21-10-20-33-41-31(19-12-26-39(41)51-42(33)34)30-18-11-25-38-40(30)32-17-6-9-24-37(32)50-38/h1-26H. The summed E-state index contributed by atoms with van der Waals surface area (Å²) in [5, 5.41) is 6.98. The number of thiophene rings is 1. The van der Waals surface area contributed by atoms with Crippen LogP contribution < -0.4 is 0 Å². The second kappa shape index (κ2) is 10.9. The fourth-order valence-electron chi connectivity index (χ4n) is 7.69. The largest absolute Gasteiger partial charge is 0.456 e. The molecule has 51 heavy (non-hydrogen) atoms. The Balaban J connectivity index is 1.19. The average Bonchev–Trinajstić information content (AvgIpc) is 3.88. The first-order chi connectivity index (χ1) is 25.3. The highest BCUT2D eigenvalue weighted by atomic mass is 32.1. The van der Waals surface area contributed by atoms with Gasteiger partial charge in [0, 0.05) is 52.8 Å². The highest BCUT2D eigenvalue weighted by Crippen LogP contribution is 2.46. The van der Waals surface area contributed by atoms with Gasteiger partial charge in [-0.05, 0) is 47.5 Å². The maximum atomic E-state index is 6.29. The van der Waals surface area contributed by atoms with Crippen molar-refractivity contribution >= 4 is 75.3 Å². The van der Waals surface area contributed by atoms with Crippen molar-refractivity contribution in [1.82, 2.24) is 19.5 Å². The molecule has 4 aromatic heterocycles. The van der Waals surface area contributed by atoms with Gasteiger partial charge in [-0.25, -0.2) is 4.98 Å². The molecular weight excluding hydrogens is 645 g/mol. The predicted octanol–water partition coefficient (Wildman–Crippen LogP) is 12.2. The molecular formula is C45H26N4OS. The Kier molecular flexibility index (Phi) is 6.05. The van der Waals surface area contributed by atoms with Crippen molar-refractivity contribution in [2.24, 2.45) is 0 Å². The Morgan fingerprint density at radius 2 is 1.02 bits per heavy atom. The van der Waals surface area contributed by atoms with E-state index >= 15 is 0 Å². The average molecular weight is 671 g/mol. The maximum Gasteiger partial charge on any atom is 0.238 e. The second-order valence-electron chi connectivity index (χ2n) is 12.8. The molecule has 7 aromatic carbocycles. The molecule has 0 atom stereocenters. The van der Waals surface area contributed by atoms with Crippen molar-refractivity contribution in [3.8, 4) is 39.9 Å². The first kappa shape index (κ1) is 28.2. The zero-order valence-electron chi connectivity index (χ0n) is 27.1. The van der Waals surface area contributed by atoms with Crippen molar-refractivity contribution in [3.63, 3.8) is 0 Å². The Morgan fingerprint density at radius 1 is 0.431 bits per heavy atom. The van der Waals surface area contributed by atoms with Crippen LogP contribution in [0.2, 0.25) is 0 Å². The van der Waals surface area contributed by atoms with Gasteiger partial charge in [0.15, 0.2) is 11.6 Å².